The molecule has 0 radical (unpaired) electrons. The fourth-order valence-corrected chi connectivity index (χ4v) is 2.34. The molecule has 0 unspecified atom stereocenters. The van der Waals surface area contributed by atoms with Gasteiger partial charge >= 0.3 is 0 Å². The fraction of sp³-hybridized carbons (Fsp3) is 0.188. The van der Waals surface area contributed by atoms with Gasteiger partial charge in [-0.05, 0) is 17.7 Å². The number of aliphatic hydroxyl groups excluding tert-OH is 1. The Hall–Kier alpha value is -1.91. The van der Waals surface area contributed by atoms with Crippen molar-refractivity contribution in [2.45, 2.75) is 6.54 Å². The molecule has 0 aliphatic rings. The SMILES string of the molecule is NC(=S)c1ccccc1N(CCO)Cc1ccccc1. The maximum absolute atomic E-state index is 9.30. The lowest BCUT2D eigenvalue weighted by Gasteiger charge is -2.26. The summed E-state index contributed by atoms with van der Waals surface area (Å²) in [7, 11) is 0. The van der Waals surface area contributed by atoms with E-state index in [9.17, 15) is 5.11 Å². The summed E-state index contributed by atoms with van der Waals surface area (Å²) in [6.45, 7) is 1.33. The van der Waals surface area contributed by atoms with Gasteiger partial charge in [0.25, 0.3) is 0 Å². The number of anilines is 1. The molecule has 0 aliphatic carbocycles. The van der Waals surface area contributed by atoms with Gasteiger partial charge in [-0.2, -0.15) is 0 Å². The summed E-state index contributed by atoms with van der Waals surface area (Å²) in [6, 6.07) is 17.9. The molecule has 3 N–H and O–H groups in total. The number of nitrogens with two attached hydrogens (primary N) is 1. The number of hydrogen-bond acceptors (Lipinski definition) is 3. The minimum absolute atomic E-state index is 0.0818. The Balaban J connectivity index is 2.31. The van der Waals surface area contributed by atoms with Crippen molar-refractivity contribution in [1.82, 2.24) is 0 Å². The number of rotatable bonds is 6. The second-order valence-corrected chi connectivity index (χ2v) is 4.95. The van der Waals surface area contributed by atoms with E-state index in [4.69, 9.17) is 18.0 Å². The molecule has 3 nitrogen and oxygen atoms in total. The Bertz CT molecular complexity index is 572. The molecule has 0 aliphatic heterocycles. The van der Waals surface area contributed by atoms with Crippen LogP contribution < -0.4 is 10.6 Å². The van der Waals surface area contributed by atoms with Crippen LogP contribution in [0.4, 0.5) is 5.69 Å². The maximum Gasteiger partial charge on any atom is 0.106 e. The number of aliphatic hydroxyl groups is 1. The minimum atomic E-state index is 0.0818. The van der Waals surface area contributed by atoms with Gasteiger partial charge in [-0.15, -0.1) is 0 Å². The van der Waals surface area contributed by atoms with Gasteiger partial charge in [0.15, 0.2) is 0 Å². The van der Waals surface area contributed by atoms with Gasteiger partial charge in [0, 0.05) is 24.3 Å². The zero-order chi connectivity index (χ0) is 14.4. The number of para-hydroxylation sites is 1. The lowest BCUT2D eigenvalue weighted by atomic mass is 10.1. The molecule has 2 aromatic carbocycles. The Morgan fingerprint density at radius 2 is 1.70 bits per heavy atom. The van der Waals surface area contributed by atoms with Gasteiger partial charge in [0.2, 0.25) is 0 Å². The molecule has 0 fully saturated rings. The highest BCUT2D eigenvalue weighted by atomic mass is 32.1. The van der Waals surface area contributed by atoms with Crippen LogP contribution in [-0.4, -0.2) is 23.2 Å². The summed E-state index contributed by atoms with van der Waals surface area (Å²) >= 11 is 5.11. The highest BCUT2D eigenvalue weighted by Gasteiger charge is 2.12. The van der Waals surface area contributed by atoms with E-state index in [1.807, 2.05) is 42.5 Å². The molecule has 2 aromatic rings. The van der Waals surface area contributed by atoms with Crippen LogP contribution in [0.1, 0.15) is 11.1 Å². The molecule has 0 spiro atoms. The zero-order valence-electron chi connectivity index (χ0n) is 11.2. The van der Waals surface area contributed by atoms with Crippen molar-refractivity contribution in [1.29, 1.82) is 0 Å². The predicted molar refractivity (Wildman–Crippen MR) is 86.9 cm³/mol. The second-order valence-electron chi connectivity index (χ2n) is 4.51. The zero-order valence-corrected chi connectivity index (χ0v) is 12.0. The highest BCUT2D eigenvalue weighted by Crippen LogP contribution is 2.22. The lowest BCUT2D eigenvalue weighted by molar-refractivity contribution is 0.301. The van der Waals surface area contributed by atoms with Crippen LogP contribution in [-0.2, 0) is 6.54 Å². The Kier molecular flexibility index (Phi) is 5.09. The largest absolute Gasteiger partial charge is 0.395 e. The summed E-state index contributed by atoms with van der Waals surface area (Å²) < 4.78 is 0. The predicted octanol–water partition coefficient (Wildman–Crippen LogP) is 2.32. The van der Waals surface area contributed by atoms with Gasteiger partial charge in [0.05, 0.1) is 6.61 Å². The van der Waals surface area contributed by atoms with Crippen molar-refractivity contribution in [3.05, 3.63) is 65.7 Å². The van der Waals surface area contributed by atoms with Gasteiger partial charge < -0.3 is 15.7 Å². The molecule has 0 heterocycles. The Morgan fingerprint density at radius 1 is 1.05 bits per heavy atom. The molecular formula is C16H18N2OS. The molecule has 4 heteroatoms. The van der Waals surface area contributed by atoms with E-state index in [1.165, 1.54) is 5.56 Å². The number of thiocarbonyl (C=S) groups is 1. The van der Waals surface area contributed by atoms with E-state index >= 15 is 0 Å². The first-order valence-electron chi connectivity index (χ1n) is 6.51. The summed E-state index contributed by atoms with van der Waals surface area (Å²) in [5, 5.41) is 9.30. The van der Waals surface area contributed by atoms with Gasteiger partial charge in [-0.25, -0.2) is 0 Å². The summed E-state index contributed by atoms with van der Waals surface area (Å²) in [6.07, 6.45) is 0. The van der Waals surface area contributed by atoms with E-state index in [0.29, 0.717) is 18.1 Å². The van der Waals surface area contributed by atoms with E-state index in [2.05, 4.69) is 17.0 Å². The van der Waals surface area contributed by atoms with Crippen LogP contribution >= 0.6 is 12.2 Å². The van der Waals surface area contributed by atoms with Crippen molar-refractivity contribution in [3.63, 3.8) is 0 Å². The quantitative estimate of drug-likeness (QED) is 0.800. The smallest absolute Gasteiger partial charge is 0.106 e. The van der Waals surface area contributed by atoms with Gasteiger partial charge in [0.1, 0.15) is 4.99 Å². The van der Waals surface area contributed by atoms with Crippen molar-refractivity contribution < 1.29 is 5.11 Å². The molecule has 0 saturated heterocycles. The minimum Gasteiger partial charge on any atom is -0.395 e. The van der Waals surface area contributed by atoms with Crippen LogP contribution in [0.15, 0.2) is 54.6 Å². The third-order valence-electron chi connectivity index (χ3n) is 3.10. The van der Waals surface area contributed by atoms with Crippen molar-refractivity contribution in [3.8, 4) is 0 Å². The monoisotopic (exact) mass is 286 g/mol. The molecule has 0 atom stereocenters. The third kappa shape index (κ3) is 3.56. The number of nitrogens with zero attached hydrogens (tertiary/aromatic N) is 1. The van der Waals surface area contributed by atoms with Gasteiger partial charge in [-0.1, -0.05) is 54.7 Å². The lowest BCUT2D eigenvalue weighted by Crippen LogP contribution is -2.28. The molecular weight excluding hydrogens is 268 g/mol. The Morgan fingerprint density at radius 3 is 2.35 bits per heavy atom. The molecule has 0 saturated carbocycles. The molecule has 20 heavy (non-hydrogen) atoms. The molecule has 0 amide bonds. The molecule has 104 valence electrons. The van der Waals surface area contributed by atoms with Crippen LogP contribution in [0.25, 0.3) is 0 Å². The van der Waals surface area contributed by atoms with Gasteiger partial charge in [-0.3, -0.25) is 0 Å². The average molecular weight is 286 g/mol. The first-order chi connectivity index (χ1) is 9.72. The van der Waals surface area contributed by atoms with Crippen LogP contribution in [0, 0.1) is 0 Å². The van der Waals surface area contributed by atoms with E-state index in [1.54, 1.807) is 0 Å². The van der Waals surface area contributed by atoms with E-state index < -0.39 is 0 Å². The van der Waals surface area contributed by atoms with Crippen molar-refractivity contribution in [2.24, 2.45) is 5.73 Å². The number of hydrogen-bond donors (Lipinski definition) is 2. The molecule has 0 bridgehead atoms. The van der Waals surface area contributed by atoms with E-state index in [-0.39, 0.29) is 6.61 Å². The van der Waals surface area contributed by atoms with Crippen LogP contribution in [0.5, 0.6) is 0 Å². The van der Waals surface area contributed by atoms with Crippen molar-refractivity contribution >= 4 is 22.9 Å². The standard InChI is InChI=1S/C16H18N2OS/c17-16(20)14-8-4-5-9-15(14)18(10-11-19)12-13-6-2-1-3-7-13/h1-9,19H,10-12H2,(H2,17,20). The summed E-state index contributed by atoms with van der Waals surface area (Å²) in [5.74, 6) is 0. The fourth-order valence-electron chi connectivity index (χ4n) is 2.17. The molecule has 2 rings (SSSR count). The highest BCUT2D eigenvalue weighted by molar-refractivity contribution is 7.80. The first kappa shape index (κ1) is 14.5. The topological polar surface area (TPSA) is 49.5 Å². The second kappa shape index (κ2) is 7.03. The van der Waals surface area contributed by atoms with Crippen LogP contribution in [0.3, 0.4) is 0 Å². The maximum atomic E-state index is 9.30. The van der Waals surface area contributed by atoms with Crippen LogP contribution in [0.2, 0.25) is 0 Å². The average Bonchev–Trinajstić information content (AvgIpc) is 2.48. The van der Waals surface area contributed by atoms with Crippen molar-refractivity contribution in [2.75, 3.05) is 18.1 Å². The third-order valence-corrected chi connectivity index (χ3v) is 3.32. The number of benzene rings is 2. The van der Waals surface area contributed by atoms with E-state index in [0.717, 1.165) is 11.3 Å². The summed E-state index contributed by atoms with van der Waals surface area (Å²) in [4.78, 5) is 2.46. The first-order valence-corrected chi connectivity index (χ1v) is 6.91. The Labute approximate surface area is 124 Å². The molecule has 0 aromatic heterocycles. The summed E-state index contributed by atoms with van der Waals surface area (Å²) in [5.41, 5.74) is 8.76. The normalized spacial score (nSPS) is 10.2.